The Hall–Kier alpha value is -1.52. The molecule has 2 aromatic rings. The van der Waals surface area contributed by atoms with E-state index in [0.29, 0.717) is 22.8 Å². The number of aliphatic hydroxyl groups is 1. The molecule has 0 saturated carbocycles. The van der Waals surface area contributed by atoms with E-state index in [4.69, 9.17) is 17.3 Å². The summed E-state index contributed by atoms with van der Waals surface area (Å²) in [5, 5.41) is 14.5. The first-order valence-corrected chi connectivity index (χ1v) is 5.25. The number of para-hydroxylation sites is 1. The van der Waals surface area contributed by atoms with Crippen LogP contribution in [0.25, 0.3) is 0 Å². The van der Waals surface area contributed by atoms with Crippen molar-refractivity contribution in [1.29, 1.82) is 0 Å². The van der Waals surface area contributed by atoms with Gasteiger partial charge in [-0.05, 0) is 6.07 Å². The smallest absolute Gasteiger partial charge is 0.101 e. The Morgan fingerprint density at radius 1 is 1.44 bits per heavy atom. The lowest BCUT2D eigenvalue weighted by atomic mass is 10.1. The van der Waals surface area contributed by atoms with Crippen LogP contribution in [0, 0.1) is 0 Å². The third-order valence-electron chi connectivity index (χ3n) is 2.32. The van der Waals surface area contributed by atoms with Crippen LogP contribution in [0.3, 0.4) is 0 Å². The average Bonchev–Trinajstić information content (AvgIpc) is 2.64. The van der Waals surface area contributed by atoms with Crippen molar-refractivity contribution >= 4 is 17.3 Å². The van der Waals surface area contributed by atoms with E-state index < -0.39 is 6.10 Å². The number of hydrogen-bond donors (Lipinski definition) is 2. The number of rotatable bonds is 3. The fourth-order valence-corrected chi connectivity index (χ4v) is 1.68. The van der Waals surface area contributed by atoms with E-state index in [9.17, 15) is 5.11 Å². The van der Waals surface area contributed by atoms with E-state index in [1.54, 1.807) is 23.0 Å². The highest BCUT2D eigenvalue weighted by Crippen LogP contribution is 2.21. The lowest BCUT2D eigenvalue weighted by Crippen LogP contribution is -2.10. The van der Waals surface area contributed by atoms with Crippen molar-refractivity contribution in [2.24, 2.45) is 0 Å². The summed E-state index contributed by atoms with van der Waals surface area (Å²) < 4.78 is 1.58. The summed E-state index contributed by atoms with van der Waals surface area (Å²) in [6, 6.07) is 7.22. The molecule has 0 radical (unpaired) electrons. The monoisotopic (exact) mass is 237 g/mol. The van der Waals surface area contributed by atoms with Gasteiger partial charge in [0.05, 0.1) is 17.8 Å². The molecule has 1 atom stereocenters. The van der Waals surface area contributed by atoms with E-state index in [2.05, 4.69) is 5.10 Å². The number of nitrogen functional groups attached to an aromatic ring is 1. The summed E-state index contributed by atoms with van der Waals surface area (Å²) in [4.78, 5) is 0. The quantitative estimate of drug-likeness (QED) is 0.801. The van der Waals surface area contributed by atoms with E-state index in [1.165, 1.54) is 6.20 Å². The maximum absolute atomic E-state index is 9.98. The first-order valence-electron chi connectivity index (χ1n) is 4.87. The van der Waals surface area contributed by atoms with Gasteiger partial charge in [0.25, 0.3) is 0 Å². The zero-order valence-electron chi connectivity index (χ0n) is 8.55. The molecule has 1 heterocycles. The highest BCUT2D eigenvalue weighted by atomic mass is 35.5. The number of halogens is 1. The molecule has 0 spiro atoms. The van der Waals surface area contributed by atoms with Crippen LogP contribution in [0.2, 0.25) is 5.02 Å². The minimum absolute atomic E-state index is 0.334. The molecule has 2 rings (SSSR count). The molecule has 0 fully saturated rings. The number of nitrogens with two attached hydrogens (primary N) is 1. The normalized spacial score (nSPS) is 12.6. The second-order valence-corrected chi connectivity index (χ2v) is 3.96. The molecular formula is C11H12ClN3O. The van der Waals surface area contributed by atoms with Gasteiger partial charge in [-0.3, -0.25) is 4.68 Å². The highest BCUT2D eigenvalue weighted by molar-refractivity contribution is 6.30. The summed E-state index contributed by atoms with van der Waals surface area (Å²) in [6.07, 6.45) is 2.50. The second-order valence-electron chi connectivity index (χ2n) is 3.53. The SMILES string of the molecule is Nc1ccccc1C(O)Cn1cc(Cl)cn1. The molecule has 3 N–H and O–H groups in total. The minimum Gasteiger partial charge on any atom is -0.398 e. The molecule has 1 aromatic carbocycles. The number of aliphatic hydroxyl groups excluding tert-OH is 1. The van der Waals surface area contributed by atoms with Crippen LogP contribution in [0.4, 0.5) is 5.69 Å². The van der Waals surface area contributed by atoms with Gasteiger partial charge in [0, 0.05) is 17.4 Å². The number of hydrogen-bond acceptors (Lipinski definition) is 3. The van der Waals surface area contributed by atoms with Crippen LogP contribution in [0.5, 0.6) is 0 Å². The molecule has 0 aliphatic carbocycles. The molecule has 16 heavy (non-hydrogen) atoms. The fourth-order valence-electron chi connectivity index (χ4n) is 1.53. The molecule has 0 aliphatic heterocycles. The molecule has 0 saturated heterocycles. The molecule has 1 aromatic heterocycles. The lowest BCUT2D eigenvalue weighted by molar-refractivity contribution is 0.152. The van der Waals surface area contributed by atoms with Crippen LogP contribution in [0.1, 0.15) is 11.7 Å². The third-order valence-corrected chi connectivity index (χ3v) is 2.51. The van der Waals surface area contributed by atoms with Crippen LogP contribution >= 0.6 is 11.6 Å². The van der Waals surface area contributed by atoms with Gasteiger partial charge >= 0.3 is 0 Å². The number of anilines is 1. The van der Waals surface area contributed by atoms with Gasteiger partial charge in [-0.25, -0.2) is 0 Å². The van der Waals surface area contributed by atoms with Crippen molar-refractivity contribution in [3.05, 3.63) is 47.2 Å². The molecule has 0 amide bonds. The van der Waals surface area contributed by atoms with E-state index in [0.717, 1.165) is 0 Å². The van der Waals surface area contributed by atoms with E-state index in [1.807, 2.05) is 12.1 Å². The van der Waals surface area contributed by atoms with Gasteiger partial charge < -0.3 is 10.8 Å². The number of aromatic nitrogens is 2. The Kier molecular flexibility index (Phi) is 3.12. The summed E-state index contributed by atoms with van der Waals surface area (Å²) >= 11 is 5.73. The summed E-state index contributed by atoms with van der Waals surface area (Å²) in [5.74, 6) is 0. The zero-order chi connectivity index (χ0) is 11.5. The minimum atomic E-state index is -0.683. The molecule has 84 valence electrons. The largest absolute Gasteiger partial charge is 0.398 e. The predicted octanol–water partition coefficient (Wildman–Crippen LogP) is 1.85. The number of nitrogens with zero attached hydrogens (tertiary/aromatic N) is 2. The fraction of sp³-hybridized carbons (Fsp3) is 0.182. The zero-order valence-corrected chi connectivity index (χ0v) is 9.30. The maximum atomic E-state index is 9.98. The van der Waals surface area contributed by atoms with Crippen molar-refractivity contribution in [2.75, 3.05) is 5.73 Å². The van der Waals surface area contributed by atoms with Crippen LogP contribution < -0.4 is 5.73 Å². The third kappa shape index (κ3) is 2.35. The van der Waals surface area contributed by atoms with E-state index >= 15 is 0 Å². The van der Waals surface area contributed by atoms with Crippen molar-refractivity contribution in [2.45, 2.75) is 12.6 Å². The van der Waals surface area contributed by atoms with Gasteiger partial charge in [0.2, 0.25) is 0 Å². The van der Waals surface area contributed by atoms with Gasteiger partial charge in [0.15, 0.2) is 0 Å². The van der Waals surface area contributed by atoms with Crippen LogP contribution in [0.15, 0.2) is 36.7 Å². The molecule has 5 heteroatoms. The topological polar surface area (TPSA) is 64.1 Å². The first kappa shape index (κ1) is 11.0. The van der Waals surface area contributed by atoms with E-state index in [-0.39, 0.29) is 0 Å². The van der Waals surface area contributed by atoms with Crippen LogP contribution in [-0.2, 0) is 6.54 Å². The average molecular weight is 238 g/mol. The lowest BCUT2D eigenvalue weighted by Gasteiger charge is -2.13. The van der Waals surface area contributed by atoms with Crippen LogP contribution in [-0.4, -0.2) is 14.9 Å². The Morgan fingerprint density at radius 2 is 2.19 bits per heavy atom. The number of benzene rings is 1. The molecule has 1 unspecified atom stereocenters. The maximum Gasteiger partial charge on any atom is 0.101 e. The van der Waals surface area contributed by atoms with Gasteiger partial charge in [-0.15, -0.1) is 0 Å². The Morgan fingerprint density at radius 3 is 2.81 bits per heavy atom. The molecular weight excluding hydrogens is 226 g/mol. The Balaban J connectivity index is 2.14. The van der Waals surface area contributed by atoms with Gasteiger partial charge in [-0.2, -0.15) is 5.10 Å². The predicted molar refractivity (Wildman–Crippen MR) is 63.1 cm³/mol. The standard InChI is InChI=1S/C11H12ClN3O/c12-8-5-14-15(6-8)7-11(16)9-3-1-2-4-10(9)13/h1-6,11,16H,7,13H2. The van der Waals surface area contributed by atoms with Crippen molar-refractivity contribution in [3.63, 3.8) is 0 Å². The second kappa shape index (κ2) is 4.55. The van der Waals surface area contributed by atoms with Crippen molar-refractivity contribution in [1.82, 2.24) is 9.78 Å². The molecule has 4 nitrogen and oxygen atoms in total. The summed E-state index contributed by atoms with van der Waals surface area (Å²) in [5.41, 5.74) is 7.04. The Labute approximate surface area is 98.3 Å². The molecule has 0 bridgehead atoms. The van der Waals surface area contributed by atoms with Crippen molar-refractivity contribution in [3.8, 4) is 0 Å². The summed E-state index contributed by atoms with van der Waals surface area (Å²) in [7, 11) is 0. The van der Waals surface area contributed by atoms with Gasteiger partial charge in [0.1, 0.15) is 6.10 Å². The Bertz CT molecular complexity index is 484. The highest BCUT2D eigenvalue weighted by Gasteiger charge is 2.11. The van der Waals surface area contributed by atoms with Gasteiger partial charge in [-0.1, -0.05) is 29.8 Å². The molecule has 0 aliphatic rings. The first-order chi connectivity index (χ1) is 7.66. The van der Waals surface area contributed by atoms with Crippen molar-refractivity contribution < 1.29 is 5.11 Å². The summed E-state index contributed by atoms with van der Waals surface area (Å²) in [6.45, 7) is 0.334.